The summed E-state index contributed by atoms with van der Waals surface area (Å²) in [6, 6.07) is 0. The van der Waals surface area contributed by atoms with Crippen molar-refractivity contribution in [2.24, 2.45) is 0 Å². The van der Waals surface area contributed by atoms with Crippen molar-refractivity contribution in [3.05, 3.63) is 0 Å². The second-order valence-corrected chi connectivity index (χ2v) is 151. The Morgan fingerprint density at radius 2 is 0.500 bits per heavy atom. The third-order valence-corrected chi connectivity index (χ3v) is 243. The summed E-state index contributed by atoms with van der Waals surface area (Å²) in [6.07, 6.45) is 0. The third kappa shape index (κ3) is 45.2. The molecule has 0 aromatic carbocycles. The van der Waals surface area contributed by atoms with E-state index < -0.39 is 1.58 Å². The molecule has 2 fully saturated rings. The summed E-state index contributed by atoms with van der Waals surface area (Å²) in [5, 5.41) is 0. The monoisotopic (exact) mass is 1430 g/mol. The van der Waals surface area contributed by atoms with Crippen LogP contribution in [-0.4, -0.2) is 197 Å². The molecule has 2 aliphatic heterocycles. The zero-order valence-corrected chi connectivity index (χ0v) is 47.7. The maximum atomic E-state index is 2.92. The average Bonchev–Trinajstić information content (AvgIpc) is 2.32. The van der Waals surface area contributed by atoms with Gasteiger partial charge in [-0.25, -0.2) is 0 Å². The fourth-order valence-electron chi connectivity index (χ4n) is 0.136. The van der Waals surface area contributed by atoms with Gasteiger partial charge in [-0.3, -0.25) is 0 Å². The molecule has 0 N–H and O–H groups in total. The fraction of sp³-hybridized carbons (Fsp3) is 0. The van der Waals surface area contributed by atoms with Crippen molar-refractivity contribution < 1.29 is 154 Å². The normalized spacial score (nSPS) is 17.4. The van der Waals surface area contributed by atoms with Crippen molar-refractivity contribution in [1.29, 1.82) is 0 Å². The van der Waals surface area contributed by atoms with Gasteiger partial charge in [0.05, 0.1) is 0 Å². The van der Waals surface area contributed by atoms with Gasteiger partial charge in [-0.15, -0.1) is 0 Å². The molecule has 0 atom stereocenters. The van der Waals surface area contributed by atoms with Gasteiger partial charge >= 0.3 is 353 Å². The van der Waals surface area contributed by atoms with Crippen molar-refractivity contribution in [1.82, 2.24) is 0 Å². The molecule has 0 bridgehead atoms. The van der Waals surface area contributed by atoms with E-state index in [2.05, 4.69) is 61.8 Å². The average molecular weight is 1410 g/mol. The molecule has 0 aromatic heterocycles. The fourth-order valence-corrected chi connectivity index (χ4v) is 515. The van der Waals surface area contributed by atoms with E-state index in [0.29, 0.717) is 0 Å². The van der Waals surface area contributed by atoms with E-state index in [0.717, 1.165) is 0 Å². The molecule has 0 unspecified atom stereocenters. The van der Waals surface area contributed by atoms with Crippen molar-refractivity contribution in [3.63, 3.8) is 0 Å². The van der Waals surface area contributed by atoms with E-state index in [9.17, 15) is 0 Å². The van der Waals surface area contributed by atoms with Crippen LogP contribution >= 0.6 is 1.58 Å². The van der Waals surface area contributed by atoms with Crippen molar-refractivity contribution >= 4 is 199 Å². The summed E-state index contributed by atoms with van der Waals surface area (Å²) in [5.41, 5.74) is 0. The number of hydrogen-bond acceptors (Lipinski definition) is 0. The molecular formula is K3PSe16. The van der Waals surface area contributed by atoms with Gasteiger partial charge in [-0.05, 0) is 0 Å². The Morgan fingerprint density at radius 1 is 0.450 bits per heavy atom. The van der Waals surface area contributed by atoms with E-state index in [1.807, 2.05) is 0 Å². The van der Waals surface area contributed by atoms with Crippen molar-refractivity contribution in [2.45, 2.75) is 0 Å². The van der Waals surface area contributed by atoms with Crippen LogP contribution in [-0.2, 0) is 0 Å². The Labute approximate surface area is 339 Å². The van der Waals surface area contributed by atoms with Gasteiger partial charge in [0, 0.05) is 0 Å². The molecule has 2 saturated heterocycles. The van der Waals surface area contributed by atoms with Crippen LogP contribution in [0.15, 0.2) is 0 Å². The van der Waals surface area contributed by atoms with Gasteiger partial charge in [-0.2, -0.15) is 0 Å². The van der Waals surface area contributed by atoms with Crippen LogP contribution in [0.2, 0.25) is 0 Å². The van der Waals surface area contributed by atoms with Crippen LogP contribution in [0.3, 0.4) is 0 Å². The molecule has 0 aliphatic carbocycles. The minimum absolute atomic E-state index is 0. The Kier molecular flexibility index (Phi) is 66.6. The second-order valence-electron chi connectivity index (χ2n) is 1.26. The SMILES string of the molecule is [K+].[K+].[K+].[Se]1[Se][Se][Se][Se][Se]1.[Se]1[Se][Se][Se][Se][Se]1.[Se]=P([Se-])([Se-])[Se-]. The number of hydrogen-bond donors (Lipinski definition) is 0. The summed E-state index contributed by atoms with van der Waals surface area (Å²) in [5.74, 6) is 0. The van der Waals surface area contributed by atoms with Crippen LogP contribution in [0, 0.1) is 0 Å². The molecule has 0 nitrogen and oxygen atoms in total. The first kappa shape index (κ1) is 40.8. The van der Waals surface area contributed by atoms with Crippen LogP contribution in [0.5, 0.6) is 0 Å². The molecule has 0 saturated carbocycles. The van der Waals surface area contributed by atoms with Gasteiger partial charge in [0.15, 0.2) is 0 Å². The molecule has 0 spiro atoms. The first-order valence-corrected chi connectivity index (χ1v) is 65.4. The standard InChI is InChI=1S/3K.H3PSe4.2Se6/c;;;2-1(3,4)5;2*1-2-4-6-5-3-1/h;;;(H3,2,3,4,5);;/q3*+1;;;/p-3. The Morgan fingerprint density at radius 3 is 0.550 bits per heavy atom. The number of rotatable bonds is 0. The zero-order valence-electron chi connectivity index (χ0n) is 9.98. The van der Waals surface area contributed by atoms with Gasteiger partial charge < -0.3 is 0 Å². The Balaban J connectivity index is -0.0000000899. The molecule has 0 amide bonds. The molecule has 20 heavy (non-hydrogen) atoms. The van der Waals surface area contributed by atoms with E-state index >= 15 is 0 Å². The summed E-state index contributed by atoms with van der Waals surface area (Å²) < 4.78 is -0.889. The molecule has 0 radical (unpaired) electrons. The summed E-state index contributed by atoms with van der Waals surface area (Å²) in [4.78, 5) is 0. The van der Waals surface area contributed by atoms with Crippen molar-refractivity contribution in [3.8, 4) is 0 Å². The van der Waals surface area contributed by atoms with E-state index in [-0.39, 0.29) is 154 Å². The van der Waals surface area contributed by atoms with E-state index in [4.69, 9.17) is 0 Å². The van der Waals surface area contributed by atoms with Gasteiger partial charge in [-0.1, -0.05) is 0 Å². The Bertz CT molecular complexity index is 151. The quantitative estimate of drug-likeness (QED) is 0.168. The second kappa shape index (κ2) is 32.7. The minimum atomic E-state index is -0.889. The predicted molar refractivity (Wildman–Crippen MR) is 99.0 cm³/mol. The predicted octanol–water partition coefficient (Wildman–Crippen LogP) is -14.2. The van der Waals surface area contributed by atoms with Crippen LogP contribution < -0.4 is 154 Å². The summed E-state index contributed by atoms with van der Waals surface area (Å²) in [6.45, 7) is 0. The van der Waals surface area contributed by atoms with Crippen LogP contribution in [0.4, 0.5) is 0 Å². The Hall–Kier alpha value is 13.7. The topological polar surface area (TPSA) is 0 Å². The van der Waals surface area contributed by atoms with Crippen LogP contribution in [0.25, 0.3) is 0 Å². The van der Waals surface area contributed by atoms with E-state index in [1.165, 1.54) is 136 Å². The molecular weight excluding hydrogens is 1410 g/mol. The van der Waals surface area contributed by atoms with E-state index in [1.54, 1.807) is 0 Å². The molecule has 20 heteroatoms. The first-order chi connectivity index (χ1) is 8.00. The first-order valence-electron chi connectivity index (χ1n) is 2.73. The molecule has 0 aromatic rings. The van der Waals surface area contributed by atoms with Gasteiger partial charge in [0.2, 0.25) is 0 Å². The van der Waals surface area contributed by atoms with Crippen molar-refractivity contribution in [2.75, 3.05) is 0 Å². The molecule has 2 aliphatic rings. The molecule has 2 heterocycles. The molecule has 104 valence electrons. The van der Waals surface area contributed by atoms with Gasteiger partial charge in [0.25, 0.3) is 0 Å². The summed E-state index contributed by atoms with van der Waals surface area (Å²) >= 11 is 26.7. The maximum absolute atomic E-state index is 2.92. The third-order valence-electron chi connectivity index (χ3n) is 0.333. The molecule has 2 rings (SSSR count). The van der Waals surface area contributed by atoms with Gasteiger partial charge in [0.1, 0.15) is 0 Å². The zero-order chi connectivity index (χ0) is 13.0. The summed E-state index contributed by atoms with van der Waals surface area (Å²) in [7, 11) is 0. The van der Waals surface area contributed by atoms with Crippen LogP contribution in [0.1, 0.15) is 0 Å².